The van der Waals surface area contributed by atoms with Crippen molar-refractivity contribution in [2.45, 2.75) is 54.6 Å². The molecule has 5 heterocycles. The summed E-state index contributed by atoms with van der Waals surface area (Å²) in [7, 11) is 0. The number of carbonyl (C=O) groups is 4. The van der Waals surface area contributed by atoms with E-state index in [1.807, 2.05) is 0 Å². The summed E-state index contributed by atoms with van der Waals surface area (Å²) in [5.41, 5.74) is -9.99. The van der Waals surface area contributed by atoms with Gasteiger partial charge >= 0.3 is 17.9 Å². The molecular formula is C41H30O22. The maximum atomic E-state index is 14.9. The van der Waals surface area contributed by atoms with Gasteiger partial charge in [-0.2, -0.15) is 0 Å². The molecule has 4 aromatic rings. The Balaban J connectivity index is 1.27. The topological polar surface area (TPSA) is 377 Å². The number of hydrogen-bond donors (Lipinski definition) is 13. The van der Waals surface area contributed by atoms with Gasteiger partial charge < -0.3 is 90.1 Å². The summed E-state index contributed by atoms with van der Waals surface area (Å²) in [6.07, 6.45) is -12.5. The summed E-state index contributed by atoms with van der Waals surface area (Å²) < 4.78 is 29.4. The summed E-state index contributed by atoms with van der Waals surface area (Å²) in [5.74, 6) is -23.2. The molecule has 10 rings (SSSR count). The zero-order chi connectivity index (χ0) is 45.0. The first-order chi connectivity index (χ1) is 29.8. The van der Waals surface area contributed by atoms with Crippen LogP contribution in [0.3, 0.4) is 0 Å². The van der Waals surface area contributed by atoms with Crippen LogP contribution in [-0.2, 0) is 30.2 Å². The highest BCUT2D eigenvalue weighted by Gasteiger charge is 2.76. The molecule has 22 heteroatoms. The zero-order valence-corrected chi connectivity index (χ0v) is 31.4. The Kier molecular flexibility index (Phi) is 8.02. The molecule has 0 saturated carbocycles. The van der Waals surface area contributed by atoms with E-state index in [0.717, 1.165) is 18.2 Å². The first kappa shape index (κ1) is 39.3. The number of ketones is 1. The lowest BCUT2D eigenvalue weighted by molar-refractivity contribution is -0.199. The third-order valence-corrected chi connectivity index (χ3v) is 12.5. The lowest BCUT2D eigenvalue weighted by Gasteiger charge is -2.46. The molecule has 5 aliphatic heterocycles. The first-order valence-electron chi connectivity index (χ1n) is 18.8. The monoisotopic (exact) mass is 874 g/mol. The fourth-order valence-corrected chi connectivity index (χ4v) is 9.69. The predicted molar refractivity (Wildman–Crippen MR) is 198 cm³/mol. The standard InChI is InChI=1S/C41H30O22/c42-7-17-28(49)36-35-24-19-16(6-15-9(26(19)47)4-14(46)34(59-15)8-1-2-11(43)12(44)3-8)63-41(24)25(40(58)61-35)23(32(53)37(41)55)21-22(39(57)62-36)20(30(51)33(54)31(21)52)18-10(38(56)60-17)5-13(45)27(48)29(18)50/h1-3,5-6,14,17,24-25,28,34-36,42-54H,4,7H2/t14-,17?,24-,25?,28?,34+,35?,36?,41?/m0/s1. The van der Waals surface area contributed by atoms with Crippen LogP contribution in [0.5, 0.6) is 63.2 Å². The number of aliphatic hydroxyl groups is 4. The smallest absolute Gasteiger partial charge is 0.340 e. The van der Waals surface area contributed by atoms with Crippen molar-refractivity contribution >= 4 is 29.3 Å². The van der Waals surface area contributed by atoms with Crippen molar-refractivity contribution in [3.8, 4) is 74.4 Å². The molecule has 1 saturated heterocycles. The number of fused-ring (bicyclic) bond motifs is 8. The van der Waals surface area contributed by atoms with E-state index >= 15 is 0 Å². The van der Waals surface area contributed by atoms with E-state index in [4.69, 9.17) is 23.7 Å². The van der Waals surface area contributed by atoms with Gasteiger partial charge in [0.15, 0.2) is 58.6 Å². The predicted octanol–water partition coefficient (Wildman–Crippen LogP) is 0.481. The van der Waals surface area contributed by atoms with Gasteiger partial charge in [-0.25, -0.2) is 9.59 Å². The fraction of sp³-hybridized carbons (Fsp3) is 0.268. The van der Waals surface area contributed by atoms with Crippen molar-refractivity contribution in [1.29, 1.82) is 0 Å². The molecule has 6 unspecified atom stereocenters. The van der Waals surface area contributed by atoms with Crippen molar-refractivity contribution in [1.82, 2.24) is 0 Å². The number of carbonyl (C=O) groups excluding carboxylic acids is 4. The third-order valence-electron chi connectivity index (χ3n) is 12.5. The van der Waals surface area contributed by atoms with Gasteiger partial charge in [-0.15, -0.1) is 0 Å². The number of benzene rings is 4. The molecule has 63 heavy (non-hydrogen) atoms. The van der Waals surface area contributed by atoms with Gasteiger partial charge in [-0.3, -0.25) is 9.59 Å². The average molecular weight is 875 g/mol. The van der Waals surface area contributed by atoms with Gasteiger partial charge in [0.25, 0.3) is 0 Å². The molecule has 6 aliphatic rings. The number of phenolic OH excluding ortho intramolecular Hbond substituents is 9. The third kappa shape index (κ3) is 4.86. The Labute approximate surface area is 349 Å². The van der Waals surface area contributed by atoms with Gasteiger partial charge in [0.1, 0.15) is 35.4 Å². The Morgan fingerprint density at radius 1 is 0.635 bits per heavy atom. The van der Waals surface area contributed by atoms with E-state index < -0.39 is 193 Å². The van der Waals surface area contributed by atoms with E-state index in [-0.39, 0.29) is 16.9 Å². The van der Waals surface area contributed by atoms with Crippen LogP contribution in [-0.4, -0.2) is 133 Å². The van der Waals surface area contributed by atoms with Gasteiger partial charge in [-0.1, -0.05) is 6.07 Å². The molecule has 22 nitrogen and oxygen atoms in total. The number of phenols is 9. The Hall–Kier alpha value is -7.82. The largest absolute Gasteiger partial charge is 0.507 e. The summed E-state index contributed by atoms with van der Waals surface area (Å²) in [4.78, 5) is 58.1. The van der Waals surface area contributed by atoms with Crippen molar-refractivity contribution < 1.29 is 109 Å². The van der Waals surface area contributed by atoms with Crippen LogP contribution in [0.1, 0.15) is 55.0 Å². The van der Waals surface area contributed by atoms with E-state index in [2.05, 4.69) is 0 Å². The summed E-state index contributed by atoms with van der Waals surface area (Å²) in [6, 6.07) is 5.19. The van der Waals surface area contributed by atoms with Crippen LogP contribution in [0.2, 0.25) is 0 Å². The molecule has 0 aromatic heterocycles. The summed E-state index contributed by atoms with van der Waals surface area (Å²) in [6.45, 7) is -1.32. The highest BCUT2D eigenvalue weighted by Crippen LogP contribution is 2.67. The number of ether oxygens (including phenoxy) is 5. The van der Waals surface area contributed by atoms with Crippen LogP contribution < -0.4 is 9.47 Å². The molecule has 1 aliphatic carbocycles. The van der Waals surface area contributed by atoms with Crippen LogP contribution in [0.4, 0.5) is 0 Å². The molecule has 1 fully saturated rings. The molecular weight excluding hydrogens is 844 g/mol. The Morgan fingerprint density at radius 3 is 2.03 bits per heavy atom. The number of esters is 3. The average Bonchev–Trinajstić information content (AvgIpc) is 3.70. The minimum absolute atomic E-state index is 0.137. The van der Waals surface area contributed by atoms with Crippen LogP contribution >= 0.6 is 0 Å². The van der Waals surface area contributed by atoms with Crippen LogP contribution in [0.15, 0.2) is 36.1 Å². The molecule has 4 aromatic carbocycles. The molecule has 6 bridgehead atoms. The maximum absolute atomic E-state index is 14.9. The molecule has 1 spiro atoms. The number of hydrogen-bond acceptors (Lipinski definition) is 22. The van der Waals surface area contributed by atoms with Gasteiger partial charge in [0.2, 0.25) is 22.9 Å². The van der Waals surface area contributed by atoms with E-state index in [1.165, 1.54) is 6.07 Å². The molecule has 326 valence electrons. The van der Waals surface area contributed by atoms with Gasteiger partial charge in [0, 0.05) is 45.9 Å². The zero-order valence-electron chi connectivity index (χ0n) is 31.4. The normalized spacial score (nSPS) is 28.7. The first-order valence-corrected chi connectivity index (χ1v) is 18.8. The second-order valence-electron chi connectivity index (χ2n) is 15.6. The van der Waals surface area contributed by atoms with Crippen molar-refractivity contribution in [2.24, 2.45) is 5.92 Å². The Morgan fingerprint density at radius 2 is 1.33 bits per heavy atom. The number of Topliss-reactive ketones (excluding diaryl/α,β-unsaturated/α-hetero) is 1. The maximum Gasteiger partial charge on any atom is 0.340 e. The number of cyclic esters (lactones) is 1. The second kappa shape index (κ2) is 12.9. The fourth-order valence-electron chi connectivity index (χ4n) is 9.69. The summed E-state index contributed by atoms with van der Waals surface area (Å²) >= 11 is 0. The van der Waals surface area contributed by atoms with E-state index in [9.17, 15) is 85.6 Å². The van der Waals surface area contributed by atoms with Crippen molar-refractivity contribution in [3.63, 3.8) is 0 Å². The highest BCUT2D eigenvalue weighted by atomic mass is 16.6. The lowest BCUT2D eigenvalue weighted by Crippen LogP contribution is -2.65. The Bertz CT molecular complexity index is 2860. The number of aromatic hydroxyl groups is 9. The van der Waals surface area contributed by atoms with E-state index in [0.29, 0.717) is 6.07 Å². The quantitative estimate of drug-likeness (QED) is 0.0740. The van der Waals surface area contributed by atoms with Crippen LogP contribution in [0, 0.1) is 5.92 Å². The van der Waals surface area contributed by atoms with Crippen LogP contribution in [0.25, 0.3) is 16.7 Å². The lowest BCUT2D eigenvalue weighted by atomic mass is 9.66. The number of rotatable bonds is 2. The minimum atomic E-state index is -2.83. The molecule has 13 N–H and O–H groups in total. The second-order valence-corrected chi connectivity index (χ2v) is 15.6. The van der Waals surface area contributed by atoms with Crippen molar-refractivity contribution in [3.05, 3.63) is 69.5 Å². The van der Waals surface area contributed by atoms with E-state index in [1.54, 1.807) is 0 Å². The highest BCUT2D eigenvalue weighted by molar-refractivity contribution is 6.22. The molecule has 0 radical (unpaired) electrons. The van der Waals surface area contributed by atoms with Gasteiger partial charge in [0.05, 0.1) is 29.8 Å². The SMILES string of the molecule is O=C1OC(CO)C(O)C2OC(=O)c3c(c(O)c(O)c(O)c3-c3c1cc(O)c(O)c3O)C1=C(O)C(=O)C34Oc5cc6c(c(O)c5[C@H]3C2OC(=O)C14)C[C@H](O)[C@@H](c1ccc(O)c(O)c1)O6. The van der Waals surface area contributed by atoms with Gasteiger partial charge in [-0.05, 0) is 23.8 Å². The minimum Gasteiger partial charge on any atom is -0.507 e. The molecule has 9 atom stereocenters. The molecule has 0 amide bonds. The number of aliphatic hydroxyl groups excluding tert-OH is 4. The van der Waals surface area contributed by atoms with Crippen molar-refractivity contribution in [2.75, 3.05) is 6.61 Å². The summed E-state index contributed by atoms with van der Waals surface area (Å²) in [5, 5.41) is 144.